The molecular formula is C44H51N7O14. The minimum atomic E-state index is -1.09. The fourth-order valence-electron chi connectivity index (χ4n) is 5.96. The number of rotatable bonds is 22. The van der Waals surface area contributed by atoms with Gasteiger partial charge in [-0.05, 0) is 83.0 Å². The lowest BCUT2D eigenvalue weighted by Gasteiger charge is -2.22. The van der Waals surface area contributed by atoms with Gasteiger partial charge in [-0.3, -0.25) is 43.1 Å². The number of aromatic amines is 1. The zero-order valence-electron chi connectivity index (χ0n) is 36.5. The number of hydrogen-bond donors (Lipinski definition) is 4. The number of amides is 2. The molecule has 4 atom stereocenters. The van der Waals surface area contributed by atoms with Crippen LogP contribution in [0, 0.1) is 17.3 Å². The van der Waals surface area contributed by atoms with Crippen molar-refractivity contribution in [3.05, 3.63) is 108 Å². The molecule has 1 unspecified atom stereocenters. The van der Waals surface area contributed by atoms with Crippen LogP contribution in [0.4, 0.5) is 0 Å². The average Bonchev–Trinajstić information content (AvgIpc) is 3.67. The Labute approximate surface area is 372 Å². The smallest absolute Gasteiger partial charge is 0.330 e. The summed E-state index contributed by atoms with van der Waals surface area (Å²) in [6, 6.07) is 10.5. The summed E-state index contributed by atoms with van der Waals surface area (Å²) in [6.07, 6.45) is -2.20. The van der Waals surface area contributed by atoms with Crippen LogP contribution < -0.4 is 26.6 Å². The molecule has 4 N–H and O–H groups in total. The van der Waals surface area contributed by atoms with Gasteiger partial charge in [-0.1, -0.05) is 23.0 Å². The Morgan fingerprint density at radius 3 is 2.38 bits per heavy atom. The maximum Gasteiger partial charge on any atom is 0.330 e. The van der Waals surface area contributed by atoms with Crippen molar-refractivity contribution in [3.63, 3.8) is 0 Å². The largest absolute Gasteiger partial charge is 0.491 e. The molecule has 0 bridgehead atoms. The van der Waals surface area contributed by atoms with E-state index in [9.17, 15) is 43.5 Å². The first-order valence-electron chi connectivity index (χ1n) is 20.4. The van der Waals surface area contributed by atoms with E-state index in [-0.39, 0.29) is 103 Å². The van der Waals surface area contributed by atoms with Crippen LogP contribution in [-0.4, -0.2) is 114 Å². The molecular weight excluding hydrogens is 851 g/mol. The van der Waals surface area contributed by atoms with E-state index in [0.29, 0.717) is 6.42 Å². The van der Waals surface area contributed by atoms with Crippen molar-refractivity contribution in [3.8, 4) is 17.6 Å². The van der Waals surface area contributed by atoms with Crippen LogP contribution in [0.5, 0.6) is 5.75 Å². The number of azide groups is 1. The third-order valence-electron chi connectivity index (χ3n) is 9.48. The summed E-state index contributed by atoms with van der Waals surface area (Å²) < 4.78 is 28.8. The van der Waals surface area contributed by atoms with Crippen molar-refractivity contribution in [2.45, 2.75) is 78.5 Å². The molecule has 0 saturated carbocycles. The van der Waals surface area contributed by atoms with Crippen LogP contribution in [0.25, 0.3) is 10.4 Å². The Balaban J connectivity index is 1.16. The highest BCUT2D eigenvalue weighted by Gasteiger charge is 2.40. The Morgan fingerprint density at radius 1 is 1.02 bits per heavy atom. The van der Waals surface area contributed by atoms with Crippen molar-refractivity contribution in [2.24, 2.45) is 10.5 Å². The van der Waals surface area contributed by atoms with E-state index in [1.54, 1.807) is 39.0 Å². The van der Waals surface area contributed by atoms with Crippen molar-refractivity contribution in [2.75, 3.05) is 46.1 Å². The Bertz CT molecular complexity index is 2440. The van der Waals surface area contributed by atoms with Gasteiger partial charge in [0.15, 0.2) is 23.6 Å². The fourth-order valence-corrected chi connectivity index (χ4v) is 5.96. The first-order valence-corrected chi connectivity index (χ1v) is 20.4. The number of aromatic nitrogens is 2. The predicted molar refractivity (Wildman–Crippen MR) is 230 cm³/mol. The second-order valence-corrected chi connectivity index (χ2v) is 15.6. The molecule has 65 heavy (non-hydrogen) atoms. The van der Waals surface area contributed by atoms with Crippen molar-refractivity contribution < 1.29 is 57.6 Å². The predicted octanol–water partition coefficient (Wildman–Crippen LogP) is 2.79. The summed E-state index contributed by atoms with van der Waals surface area (Å²) in [7, 11) is 0. The van der Waals surface area contributed by atoms with Gasteiger partial charge in [0.2, 0.25) is 5.91 Å². The molecule has 3 aromatic rings. The summed E-state index contributed by atoms with van der Waals surface area (Å²) in [5.74, 6) is 3.18. The summed E-state index contributed by atoms with van der Waals surface area (Å²) in [5, 5.41) is 18.5. The van der Waals surface area contributed by atoms with Gasteiger partial charge in [-0.25, -0.2) is 4.79 Å². The van der Waals surface area contributed by atoms with Gasteiger partial charge in [0.25, 0.3) is 11.5 Å². The number of aliphatic hydroxyl groups is 1. The molecule has 0 spiro atoms. The van der Waals surface area contributed by atoms with Gasteiger partial charge in [-0.15, -0.1) is 0 Å². The van der Waals surface area contributed by atoms with E-state index < -0.39 is 65.7 Å². The molecule has 1 fully saturated rings. The normalized spacial score (nSPS) is 15.9. The molecule has 1 aliphatic heterocycles. The molecule has 1 aliphatic rings. The summed E-state index contributed by atoms with van der Waals surface area (Å²) in [6.45, 7) is 6.46. The number of aliphatic hydroxyl groups excluding tert-OH is 1. The number of hydrogen-bond acceptors (Lipinski definition) is 15. The number of esters is 1. The minimum absolute atomic E-state index is 0.0366. The SMILES string of the molecule is CC(=O)c1cc(C(C)=O)cc(C(=O)CCCNC(=O)c2cccc(OCC(N=[N+]=[N-])OCCOCC(=O)NCC#Cc3cn([C@H]4C[C@H](OC(=O)C(C)(C)C)[C@@H](CO)O4)c(=O)[nH]c3=O)c2)c1. The van der Waals surface area contributed by atoms with Crippen LogP contribution in [0.1, 0.15) is 107 Å². The highest BCUT2D eigenvalue weighted by atomic mass is 16.6. The van der Waals surface area contributed by atoms with Crippen LogP contribution in [0.15, 0.2) is 63.4 Å². The van der Waals surface area contributed by atoms with Gasteiger partial charge in [-0.2, -0.15) is 0 Å². The molecule has 2 aromatic carbocycles. The third-order valence-corrected chi connectivity index (χ3v) is 9.48. The Kier molecular flexibility index (Phi) is 18.9. The highest BCUT2D eigenvalue weighted by Crippen LogP contribution is 2.31. The molecule has 4 rings (SSSR count). The number of Topliss-reactive ketones (excluding diaryl/α,β-unsaturated/α-hetero) is 3. The zero-order valence-corrected chi connectivity index (χ0v) is 36.5. The quantitative estimate of drug-likeness (QED) is 0.0215. The first kappa shape index (κ1) is 50.7. The van der Waals surface area contributed by atoms with Gasteiger partial charge in [0.05, 0.1) is 31.8 Å². The highest BCUT2D eigenvalue weighted by molar-refractivity contribution is 6.05. The van der Waals surface area contributed by atoms with Crippen LogP contribution in [0.2, 0.25) is 0 Å². The van der Waals surface area contributed by atoms with E-state index >= 15 is 0 Å². The van der Waals surface area contributed by atoms with E-state index in [1.165, 1.54) is 44.3 Å². The first-order chi connectivity index (χ1) is 30.9. The van der Waals surface area contributed by atoms with E-state index in [4.69, 9.17) is 29.2 Å². The average molecular weight is 902 g/mol. The molecule has 2 amide bonds. The van der Waals surface area contributed by atoms with E-state index in [1.807, 2.05) is 0 Å². The third kappa shape index (κ3) is 15.7. The number of H-pyrrole nitrogens is 1. The lowest BCUT2D eigenvalue weighted by molar-refractivity contribution is -0.162. The molecule has 21 nitrogen and oxygen atoms in total. The van der Waals surface area contributed by atoms with E-state index in [0.717, 1.165) is 4.57 Å². The second kappa shape index (κ2) is 24.2. The second-order valence-electron chi connectivity index (χ2n) is 15.6. The summed E-state index contributed by atoms with van der Waals surface area (Å²) in [4.78, 5) is 104. The van der Waals surface area contributed by atoms with Gasteiger partial charge in [0.1, 0.15) is 43.0 Å². The fraction of sp³-hybridized carbons (Fsp3) is 0.455. The number of nitrogens with one attached hydrogen (secondary N) is 3. The van der Waals surface area contributed by atoms with Crippen LogP contribution in [0.3, 0.4) is 0 Å². The number of ketones is 3. The van der Waals surface area contributed by atoms with Gasteiger partial charge >= 0.3 is 11.7 Å². The standard InChI is InChI=1S/C44H51N7O14/c1-26(53)30-17-31(27(2)54)19-32(18-30)34(55)12-8-14-47-40(57)28-9-6-11-33(20-28)63-25-38(49-50-45)62-16-15-61-24-37(56)46-13-7-10-29-22-51(43(60)48-41(29)58)39-21-35(36(23-52)64-39)65-42(59)44(3,4)5/h6,9,11,17-20,22,35-36,38-39,52H,8,12-16,21,23-25H2,1-5H3,(H,46,56)(H,47,57)(H,48,58,60)/t35-,36+,38?,39+/m0/s1. The van der Waals surface area contributed by atoms with Crippen LogP contribution in [-0.2, 0) is 28.5 Å². The lowest BCUT2D eigenvalue weighted by Crippen LogP contribution is -2.34. The zero-order chi connectivity index (χ0) is 47.7. The van der Waals surface area contributed by atoms with Crippen molar-refractivity contribution in [1.82, 2.24) is 20.2 Å². The minimum Gasteiger partial charge on any atom is -0.491 e. The Hall–Kier alpha value is -6.95. The topological polar surface area (TPSA) is 296 Å². The molecule has 0 aliphatic carbocycles. The molecule has 21 heteroatoms. The molecule has 2 heterocycles. The van der Waals surface area contributed by atoms with Crippen molar-refractivity contribution in [1.29, 1.82) is 0 Å². The summed E-state index contributed by atoms with van der Waals surface area (Å²) in [5.41, 5.74) is 7.55. The number of ether oxygens (including phenoxy) is 5. The maximum atomic E-state index is 12.8. The maximum absolute atomic E-state index is 12.8. The number of carbonyl (C=O) groups excluding carboxylic acids is 6. The molecule has 0 radical (unpaired) electrons. The molecule has 346 valence electrons. The lowest BCUT2D eigenvalue weighted by atomic mass is 9.97. The monoisotopic (exact) mass is 901 g/mol. The Morgan fingerprint density at radius 2 is 1.72 bits per heavy atom. The number of carbonyl (C=O) groups is 6. The summed E-state index contributed by atoms with van der Waals surface area (Å²) >= 11 is 0. The molecule has 1 aromatic heterocycles. The van der Waals surface area contributed by atoms with Crippen molar-refractivity contribution >= 4 is 35.1 Å². The number of benzene rings is 2. The van der Waals surface area contributed by atoms with Crippen LogP contribution >= 0.6 is 0 Å². The van der Waals surface area contributed by atoms with Gasteiger partial charge in [0, 0.05) is 52.7 Å². The van der Waals surface area contributed by atoms with E-state index in [2.05, 4.69) is 37.5 Å². The molecule has 1 saturated heterocycles. The number of nitrogens with zero attached hydrogens (tertiary/aromatic N) is 4. The van der Waals surface area contributed by atoms with Gasteiger partial charge < -0.3 is 39.4 Å².